The maximum atomic E-state index is 4.45. The smallest absolute Gasteiger partial charge is 0.211 e. The first kappa shape index (κ1) is 18.1. The minimum absolute atomic E-state index is 0.685. The highest BCUT2D eigenvalue weighted by atomic mass is 32.1. The molecule has 1 aromatic heterocycles. The zero-order valence-electron chi connectivity index (χ0n) is 15.7. The van der Waals surface area contributed by atoms with Crippen LogP contribution in [-0.4, -0.2) is 10.8 Å². The Kier molecular flexibility index (Phi) is 5.31. The number of rotatable bonds is 5. The molecule has 0 saturated carbocycles. The first-order valence-corrected chi connectivity index (χ1v) is 10.0. The molecule has 28 heavy (non-hydrogen) atoms. The molecule has 0 bridgehead atoms. The number of fused-ring (bicyclic) bond motifs is 1. The molecule has 0 aliphatic rings. The Balaban J connectivity index is 1.72. The second kappa shape index (κ2) is 8.19. The third kappa shape index (κ3) is 3.87. The maximum Gasteiger partial charge on any atom is 0.211 e. The average molecular weight is 384 g/mol. The second-order valence-corrected chi connectivity index (χ2v) is 7.46. The van der Waals surface area contributed by atoms with Crippen molar-refractivity contribution in [1.82, 2.24) is 4.57 Å². The topological polar surface area (TPSA) is 29.6 Å². The SMILES string of the molecule is C=CCn1c(-c2ccc3ccccc3c2)cs/c1=N\N=C/c1ccc(C)cc1. The summed E-state index contributed by atoms with van der Waals surface area (Å²) in [6.07, 6.45) is 3.67. The van der Waals surface area contributed by atoms with E-state index in [4.69, 9.17) is 0 Å². The Hall–Kier alpha value is -3.24. The molecule has 0 amide bonds. The van der Waals surface area contributed by atoms with Crippen LogP contribution < -0.4 is 4.80 Å². The lowest BCUT2D eigenvalue weighted by molar-refractivity contribution is 0.789. The van der Waals surface area contributed by atoms with Crippen LogP contribution in [0.2, 0.25) is 0 Å². The molecule has 4 aromatic rings. The van der Waals surface area contributed by atoms with Crippen molar-refractivity contribution in [2.45, 2.75) is 13.5 Å². The van der Waals surface area contributed by atoms with E-state index in [-0.39, 0.29) is 0 Å². The summed E-state index contributed by atoms with van der Waals surface area (Å²) in [6, 6.07) is 23.2. The molecule has 0 spiro atoms. The molecule has 0 atom stereocenters. The zero-order valence-corrected chi connectivity index (χ0v) is 16.6. The van der Waals surface area contributed by atoms with Crippen LogP contribution in [0.3, 0.4) is 0 Å². The van der Waals surface area contributed by atoms with Crippen molar-refractivity contribution in [1.29, 1.82) is 0 Å². The predicted octanol–water partition coefficient (Wildman–Crippen LogP) is 5.80. The third-order valence-electron chi connectivity index (χ3n) is 4.58. The number of aromatic nitrogens is 1. The summed E-state index contributed by atoms with van der Waals surface area (Å²) in [7, 11) is 0. The van der Waals surface area contributed by atoms with Crippen LogP contribution in [0.4, 0.5) is 0 Å². The molecule has 3 nitrogen and oxygen atoms in total. The largest absolute Gasteiger partial charge is 0.311 e. The van der Waals surface area contributed by atoms with Gasteiger partial charge in [-0.3, -0.25) is 0 Å². The van der Waals surface area contributed by atoms with E-state index in [2.05, 4.69) is 88.2 Å². The molecule has 0 unspecified atom stereocenters. The fourth-order valence-electron chi connectivity index (χ4n) is 3.09. The molecule has 0 fully saturated rings. The van der Waals surface area contributed by atoms with Crippen LogP contribution in [0, 0.1) is 6.92 Å². The quantitative estimate of drug-likeness (QED) is 0.237. The minimum atomic E-state index is 0.685. The van der Waals surface area contributed by atoms with Gasteiger partial charge in [0.05, 0.1) is 11.9 Å². The summed E-state index contributed by atoms with van der Waals surface area (Å²) in [5.74, 6) is 0. The molecule has 0 saturated heterocycles. The van der Waals surface area contributed by atoms with Gasteiger partial charge in [-0.2, -0.15) is 5.10 Å². The first-order valence-electron chi connectivity index (χ1n) is 9.17. The zero-order chi connectivity index (χ0) is 19.3. The molecule has 138 valence electrons. The second-order valence-electron chi connectivity index (χ2n) is 6.62. The van der Waals surface area contributed by atoms with Crippen LogP contribution >= 0.6 is 11.3 Å². The fraction of sp³-hybridized carbons (Fsp3) is 0.0833. The highest BCUT2D eigenvalue weighted by Crippen LogP contribution is 2.25. The van der Waals surface area contributed by atoms with Gasteiger partial charge in [-0.25, -0.2) is 0 Å². The number of nitrogens with zero attached hydrogens (tertiary/aromatic N) is 3. The minimum Gasteiger partial charge on any atom is -0.311 e. The van der Waals surface area contributed by atoms with Crippen molar-refractivity contribution in [3.8, 4) is 11.3 Å². The van der Waals surface area contributed by atoms with Gasteiger partial charge in [0.25, 0.3) is 0 Å². The summed E-state index contributed by atoms with van der Waals surface area (Å²) in [6.45, 7) is 6.66. The van der Waals surface area contributed by atoms with Crippen LogP contribution in [-0.2, 0) is 6.54 Å². The number of hydrogen-bond acceptors (Lipinski definition) is 3. The lowest BCUT2D eigenvalue weighted by Gasteiger charge is -2.07. The van der Waals surface area contributed by atoms with Crippen molar-refractivity contribution in [3.63, 3.8) is 0 Å². The number of benzene rings is 3. The van der Waals surface area contributed by atoms with Gasteiger partial charge in [0, 0.05) is 11.9 Å². The molecule has 4 heteroatoms. The maximum absolute atomic E-state index is 4.45. The molecule has 0 aliphatic carbocycles. The molecule has 4 rings (SSSR count). The number of thiazole rings is 1. The summed E-state index contributed by atoms with van der Waals surface area (Å²) >= 11 is 1.59. The van der Waals surface area contributed by atoms with Crippen molar-refractivity contribution >= 4 is 28.3 Å². The summed E-state index contributed by atoms with van der Waals surface area (Å²) in [5, 5.41) is 13.4. The standard InChI is InChI=1S/C24H21N3S/c1-3-14-27-23(22-13-12-20-6-4-5-7-21(20)15-22)17-28-24(27)26-25-16-19-10-8-18(2)9-11-19/h3-13,15-17H,1,14H2,2H3/b25-16-,26-24-. The van der Waals surface area contributed by atoms with Gasteiger partial charge < -0.3 is 4.57 Å². The summed E-state index contributed by atoms with van der Waals surface area (Å²) in [5.41, 5.74) is 4.56. The molecular weight excluding hydrogens is 362 g/mol. The lowest BCUT2D eigenvalue weighted by Crippen LogP contribution is -2.14. The summed E-state index contributed by atoms with van der Waals surface area (Å²) < 4.78 is 2.15. The van der Waals surface area contributed by atoms with Crippen LogP contribution in [0.15, 0.2) is 95.0 Å². The van der Waals surface area contributed by atoms with Gasteiger partial charge in [0.15, 0.2) is 0 Å². The lowest BCUT2D eigenvalue weighted by atomic mass is 10.1. The van der Waals surface area contributed by atoms with Gasteiger partial charge in [-0.1, -0.05) is 72.3 Å². The summed E-state index contributed by atoms with van der Waals surface area (Å²) in [4.78, 5) is 0.853. The van der Waals surface area contributed by atoms with Crippen molar-refractivity contribution in [3.05, 3.63) is 101 Å². The van der Waals surface area contributed by atoms with Crippen LogP contribution in [0.5, 0.6) is 0 Å². The van der Waals surface area contributed by atoms with E-state index in [9.17, 15) is 0 Å². The van der Waals surface area contributed by atoms with Gasteiger partial charge in [-0.15, -0.1) is 23.0 Å². The average Bonchev–Trinajstić information content (AvgIpc) is 3.12. The Labute approximate surface area is 168 Å². The third-order valence-corrected chi connectivity index (χ3v) is 5.44. The Morgan fingerprint density at radius 2 is 1.79 bits per heavy atom. The van der Waals surface area contributed by atoms with Crippen molar-refractivity contribution in [2.24, 2.45) is 10.2 Å². The van der Waals surface area contributed by atoms with E-state index in [1.807, 2.05) is 18.2 Å². The van der Waals surface area contributed by atoms with Gasteiger partial charge in [0.2, 0.25) is 4.80 Å². The molecule has 0 radical (unpaired) electrons. The van der Waals surface area contributed by atoms with Crippen molar-refractivity contribution in [2.75, 3.05) is 0 Å². The highest BCUT2D eigenvalue weighted by molar-refractivity contribution is 7.07. The van der Waals surface area contributed by atoms with E-state index in [0.717, 1.165) is 16.1 Å². The van der Waals surface area contributed by atoms with Crippen molar-refractivity contribution < 1.29 is 0 Å². The Morgan fingerprint density at radius 1 is 1.00 bits per heavy atom. The molecule has 1 heterocycles. The molecule has 0 N–H and O–H groups in total. The normalized spacial score (nSPS) is 12.1. The molecule has 3 aromatic carbocycles. The van der Waals surface area contributed by atoms with E-state index in [1.54, 1.807) is 17.6 Å². The van der Waals surface area contributed by atoms with Gasteiger partial charge in [-0.05, 0) is 34.9 Å². The fourth-order valence-corrected chi connectivity index (χ4v) is 3.97. The van der Waals surface area contributed by atoms with E-state index < -0.39 is 0 Å². The van der Waals surface area contributed by atoms with E-state index in [0.29, 0.717) is 6.54 Å². The van der Waals surface area contributed by atoms with Gasteiger partial charge >= 0.3 is 0 Å². The van der Waals surface area contributed by atoms with Gasteiger partial charge in [0.1, 0.15) is 0 Å². The monoisotopic (exact) mass is 383 g/mol. The molecular formula is C24H21N3S. The first-order chi connectivity index (χ1) is 13.7. The molecule has 0 aliphatic heterocycles. The van der Waals surface area contributed by atoms with E-state index in [1.165, 1.54) is 21.9 Å². The number of allylic oxidation sites excluding steroid dienone is 1. The van der Waals surface area contributed by atoms with Crippen LogP contribution in [0.25, 0.3) is 22.0 Å². The Bertz CT molecular complexity index is 1210. The number of aryl methyl sites for hydroxylation is 1. The number of hydrogen-bond donors (Lipinski definition) is 0. The van der Waals surface area contributed by atoms with Crippen LogP contribution in [0.1, 0.15) is 11.1 Å². The predicted molar refractivity (Wildman–Crippen MR) is 120 cm³/mol. The highest BCUT2D eigenvalue weighted by Gasteiger charge is 2.07. The Morgan fingerprint density at radius 3 is 2.57 bits per heavy atom. The van der Waals surface area contributed by atoms with E-state index >= 15 is 0 Å².